The Balaban J connectivity index is 2.01. The van der Waals surface area contributed by atoms with Crippen LogP contribution in [-0.4, -0.2) is 26.9 Å². The highest BCUT2D eigenvalue weighted by atomic mass is 79.9. The number of hydrogen-bond acceptors (Lipinski definition) is 4. The Morgan fingerprint density at radius 3 is 2.78 bits per heavy atom. The maximum atomic E-state index is 13.9. The maximum Gasteiger partial charge on any atom is 0.175 e. The summed E-state index contributed by atoms with van der Waals surface area (Å²) in [5, 5.41) is 3.70. The lowest BCUT2D eigenvalue weighted by Crippen LogP contribution is -2.16. The van der Waals surface area contributed by atoms with Crippen molar-refractivity contribution in [3.8, 4) is 11.5 Å². The number of methoxy groups -OCH3 is 1. The van der Waals surface area contributed by atoms with E-state index in [0.29, 0.717) is 28.6 Å². The van der Waals surface area contributed by atoms with E-state index in [2.05, 4.69) is 21.2 Å². The van der Waals surface area contributed by atoms with Gasteiger partial charge in [0.25, 0.3) is 0 Å². The molecule has 0 aromatic heterocycles. The molecule has 7 heteroatoms. The van der Waals surface area contributed by atoms with Crippen LogP contribution < -0.4 is 14.8 Å². The van der Waals surface area contributed by atoms with Gasteiger partial charge in [0.15, 0.2) is 11.5 Å². The minimum Gasteiger partial charge on any atom is -0.493 e. The number of halogens is 3. The molecule has 0 spiro atoms. The summed E-state index contributed by atoms with van der Waals surface area (Å²) < 4.78 is 31.2. The highest BCUT2D eigenvalue weighted by Gasteiger charge is 2.14. The van der Waals surface area contributed by atoms with Gasteiger partial charge in [-0.25, -0.2) is 4.39 Å². The first-order chi connectivity index (χ1) is 13.1. The molecule has 2 aromatic carbocycles. The summed E-state index contributed by atoms with van der Waals surface area (Å²) in [6, 6.07) is 8.41. The third kappa shape index (κ3) is 6.64. The van der Waals surface area contributed by atoms with Gasteiger partial charge in [-0.1, -0.05) is 17.7 Å². The molecule has 0 amide bonds. The molecule has 0 saturated heterocycles. The Morgan fingerprint density at radius 1 is 1.26 bits per heavy atom. The van der Waals surface area contributed by atoms with E-state index in [0.717, 1.165) is 36.2 Å². The van der Waals surface area contributed by atoms with Crippen LogP contribution in [0.25, 0.3) is 0 Å². The zero-order chi connectivity index (χ0) is 19.6. The monoisotopic (exact) mass is 459 g/mol. The van der Waals surface area contributed by atoms with E-state index in [1.807, 2.05) is 19.1 Å². The maximum absolute atomic E-state index is 13.9. The van der Waals surface area contributed by atoms with Gasteiger partial charge in [0.2, 0.25) is 0 Å². The standard InChI is InChI=1S/C20H24BrClFNO3/c1-3-26-9-5-8-24-12-14-10-16(21)20(19(11-14)25-2)27-13-15-17(22)6-4-7-18(15)23/h4,6-7,10-11,24H,3,5,8-9,12-13H2,1-2H3. The fourth-order valence-electron chi connectivity index (χ4n) is 2.51. The molecular formula is C20H24BrClFNO3. The minimum absolute atomic E-state index is 0.00942. The molecule has 0 atom stereocenters. The topological polar surface area (TPSA) is 39.7 Å². The predicted molar refractivity (Wildman–Crippen MR) is 109 cm³/mol. The van der Waals surface area contributed by atoms with Gasteiger partial charge in [0.05, 0.1) is 16.6 Å². The van der Waals surface area contributed by atoms with Gasteiger partial charge in [0.1, 0.15) is 12.4 Å². The highest BCUT2D eigenvalue weighted by molar-refractivity contribution is 9.10. The number of nitrogens with one attached hydrogen (secondary N) is 1. The Bertz CT molecular complexity index is 725. The van der Waals surface area contributed by atoms with Crippen molar-refractivity contribution in [3.63, 3.8) is 0 Å². The molecule has 0 radical (unpaired) electrons. The first-order valence-corrected chi connectivity index (χ1v) is 9.94. The van der Waals surface area contributed by atoms with Gasteiger partial charge in [-0.2, -0.15) is 0 Å². The number of hydrogen-bond donors (Lipinski definition) is 1. The molecule has 0 saturated carbocycles. The van der Waals surface area contributed by atoms with Gasteiger partial charge in [-0.05, 0) is 65.6 Å². The Morgan fingerprint density at radius 2 is 2.07 bits per heavy atom. The fourth-order valence-corrected chi connectivity index (χ4v) is 3.33. The highest BCUT2D eigenvalue weighted by Crippen LogP contribution is 2.37. The van der Waals surface area contributed by atoms with Crippen molar-refractivity contribution in [1.29, 1.82) is 0 Å². The van der Waals surface area contributed by atoms with E-state index in [-0.39, 0.29) is 6.61 Å². The van der Waals surface area contributed by atoms with E-state index < -0.39 is 5.82 Å². The van der Waals surface area contributed by atoms with Crippen LogP contribution in [0.4, 0.5) is 4.39 Å². The van der Waals surface area contributed by atoms with Crippen LogP contribution in [0.2, 0.25) is 5.02 Å². The summed E-state index contributed by atoms with van der Waals surface area (Å²) >= 11 is 9.57. The lowest BCUT2D eigenvalue weighted by atomic mass is 10.2. The summed E-state index contributed by atoms with van der Waals surface area (Å²) in [6.07, 6.45) is 0.955. The van der Waals surface area contributed by atoms with Crippen molar-refractivity contribution < 1.29 is 18.6 Å². The van der Waals surface area contributed by atoms with Gasteiger partial charge >= 0.3 is 0 Å². The lowest BCUT2D eigenvalue weighted by molar-refractivity contribution is 0.144. The van der Waals surface area contributed by atoms with E-state index in [9.17, 15) is 4.39 Å². The van der Waals surface area contributed by atoms with Crippen LogP contribution in [-0.2, 0) is 17.9 Å². The SMILES string of the molecule is CCOCCCNCc1cc(Br)c(OCc2c(F)cccc2Cl)c(OC)c1. The molecule has 0 heterocycles. The first kappa shape index (κ1) is 22.0. The Kier molecular flexibility index (Phi) is 9.34. The normalized spacial score (nSPS) is 10.9. The number of benzene rings is 2. The van der Waals surface area contributed by atoms with E-state index in [4.69, 9.17) is 25.8 Å². The molecule has 2 aromatic rings. The predicted octanol–water partition coefficient (Wildman–Crippen LogP) is 5.35. The third-order valence-corrected chi connectivity index (χ3v) is 4.83. The molecule has 0 aliphatic carbocycles. The molecule has 2 rings (SSSR count). The molecule has 0 fully saturated rings. The fraction of sp³-hybridized carbons (Fsp3) is 0.400. The minimum atomic E-state index is -0.398. The van der Waals surface area contributed by atoms with E-state index in [1.54, 1.807) is 19.2 Å². The Hall–Kier alpha value is -1.34. The van der Waals surface area contributed by atoms with Crippen molar-refractivity contribution in [2.75, 3.05) is 26.9 Å². The second-order valence-corrected chi connectivity index (χ2v) is 7.09. The quantitative estimate of drug-likeness (QED) is 0.459. The summed E-state index contributed by atoms with van der Waals surface area (Å²) in [4.78, 5) is 0. The van der Waals surface area contributed by atoms with Gasteiger partial charge < -0.3 is 19.5 Å². The van der Waals surface area contributed by atoms with Crippen LogP contribution in [0.1, 0.15) is 24.5 Å². The third-order valence-electron chi connectivity index (χ3n) is 3.89. The van der Waals surface area contributed by atoms with Crippen molar-refractivity contribution in [2.24, 2.45) is 0 Å². The molecule has 148 valence electrons. The molecule has 27 heavy (non-hydrogen) atoms. The van der Waals surface area contributed by atoms with Crippen LogP contribution in [0, 0.1) is 5.82 Å². The van der Waals surface area contributed by atoms with Crippen LogP contribution in [0.15, 0.2) is 34.8 Å². The molecule has 0 bridgehead atoms. The number of ether oxygens (including phenoxy) is 3. The summed E-state index contributed by atoms with van der Waals surface area (Å²) in [6.45, 7) is 5.05. The first-order valence-electron chi connectivity index (χ1n) is 8.77. The summed E-state index contributed by atoms with van der Waals surface area (Å²) in [7, 11) is 1.57. The van der Waals surface area contributed by atoms with E-state index in [1.165, 1.54) is 6.07 Å². The van der Waals surface area contributed by atoms with E-state index >= 15 is 0 Å². The summed E-state index contributed by atoms with van der Waals surface area (Å²) in [5.41, 5.74) is 1.36. The molecule has 0 unspecified atom stereocenters. The van der Waals surface area contributed by atoms with Crippen molar-refractivity contribution in [2.45, 2.75) is 26.5 Å². The van der Waals surface area contributed by atoms with Crippen LogP contribution in [0.3, 0.4) is 0 Å². The second-order valence-electron chi connectivity index (χ2n) is 5.83. The van der Waals surface area contributed by atoms with Gasteiger partial charge in [-0.3, -0.25) is 0 Å². The zero-order valence-electron chi connectivity index (χ0n) is 15.5. The van der Waals surface area contributed by atoms with Crippen LogP contribution in [0.5, 0.6) is 11.5 Å². The largest absolute Gasteiger partial charge is 0.493 e. The van der Waals surface area contributed by atoms with Crippen molar-refractivity contribution >= 4 is 27.5 Å². The average Bonchev–Trinajstić information content (AvgIpc) is 2.65. The number of rotatable bonds is 11. The Labute approximate surface area is 173 Å². The molecule has 4 nitrogen and oxygen atoms in total. The second kappa shape index (κ2) is 11.5. The molecule has 1 N–H and O–H groups in total. The molecular weight excluding hydrogens is 437 g/mol. The van der Waals surface area contributed by atoms with Crippen molar-refractivity contribution in [3.05, 3.63) is 56.8 Å². The van der Waals surface area contributed by atoms with Crippen LogP contribution >= 0.6 is 27.5 Å². The lowest BCUT2D eigenvalue weighted by Gasteiger charge is -2.15. The molecule has 0 aliphatic rings. The van der Waals surface area contributed by atoms with Gasteiger partial charge in [-0.15, -0.1) is 0 Å². The average molecular weight is 461 g/mol. The summed E-state index contributed by atoms with van der Waals surface area (Å²) in [5.74, 6) is 0.685. The zero-order valence-corrected chi connectivity index (χ0v) is 17.8. The smallest absolute Gasteiger partial charge is 0.175 e. The van der Waals surface area contributed by atoms with Crippen molar-refractivity contribution in [1.82, 2.24) is 5.32 Å². The molecule has 0 aliphatic heterocycles. The van der Waals surface area contributed by atoms with Gasteiger partial charge in [0, 0.05) is 25.3 Å².